The molecule has 0 radical (unpaired) electrons. The van der Waals surface area contributed by atoms with Crippen molar-refractivity contribution in [3.63, 3.8) is 0 Å². The lowest BCUT2D eigenvalue weighted by Crippen LogP contribution is -2.37. The van der Waals surface area contributed by atoms with Gasteiger partial charge in [0.05, 0.1) is 5.56 Å². The van der Waals surface area contributed by atoms with Gasteiger partial charge in [0.1, 0.15) is 6.54 Å². The van der Waals surface area contributed by atoms with Crippen LogP contribution >= 0.6 is 0 Å². The first-order valence-electron chi connectivity index (χ1n) is 11.3. The highest BCUT2D eigenvalue weighted by molar-refractivity contribution is 6.44. The predicted molar refractivity (Wildman–Crippen MR) is 124 cm³/mol. The van der Waals surface area contributed by atoms with Crippen molar-refractivity contribution in [3.05, 3.63) is 71.9 Å². The van der Waals surface area contributed by atoms with E-state index < -0.39 is 11.7 Å². The first-order chi connectivity index (χ1) is 15.6. The number of hydrogen-bond acceptors (Lipinski definition) is 3. The molecule has 3 aromatic rings. The Labute approximate surface area is 188 Å². The predicted octanol–water partition coefficient (Wildman–Crippen LogP) is 3.89. The molecule has 2 aromatic carbocycles. The summed E-state index contributed by atoms with van der Waals surface area (Å²) in [4.78, 5) is 42.6. The molecular weight excluding hydrogens is 402 g/mol. The third-order valence-corrected chi connectivity index (χ3v) is 6.13. The van der Waals surface area contributed by atoms with Crippen LogP contribution in [0.1, 0.15) is 42.1 Å². The van der Waals surface area contributed by atoms with Crippen molar-refractivity contribution in [3.8, 4) is 0 Å². The highest BCUT2D eigenvalue weighted by Crippen LogP contribution is 2.23. The minimum absolute atomic E-state index is 0.0510. The number of likely N-dealkylation sites (N-methyl/N-ethyl adjacent to an activating group) is 1. The fourth-order valence-electron chi connectivity index (χ4n) is 4.34. The molecule has 0 aliphatic carbocycles. The summed E-state index contributed by atoms with van der Waals surface area (Å²) in [5.74, 6) is -1.01. The third kappa shape index (κ3) is 4.59. The van der Waals surface area contributed by atoms with E-state index in [4.69, 9.17) is 0 Å². The van der Waals surface area contributed by atoms with Gasteiger partial charge in [-0.25, -0.2) is 0 Å². The molecular formula is C26H29N3O3. The smallest absolute Gasteiger partial charge is 0.295 e. The molecule has 0 atom stereocenters. The Morgan fingerprint density at radius 3 is 2.31 bits per heavy atom. The Balaban J connectivity index is 1.58. The second kappa shape index (κ2) is 9.81. The number of amides is 2. The molecule has 1 aliphatic heterocycles. The number of piperidine rings is 1. The van der Waals surface area contributed by atoms with E-state index in [0.717, 1.165) is 43.4 Å². The number of carbonyl (C=O) groups excluding carboxylic acids is 3. The van der Waals surface area contributed by atoms with Crippen LogP contribution in [0, 0.1) is 0 Å². The molecule has 2 heterocycles. The molecule has 6 heteroatoms. The van der Waals surface area contributed by atoms with Crippen LogP contribution < -0.4 is 0 Å². The molecule has 6 nitrogen and oxygen atoms in total. The topological polar surface area (TPSA) is 62.6 Å². The summed E-state index contributed by atoms with van der Waals surface area (Å²) in [6.45, 7) is 4.43. The molecule has 166 valence electrons. The van der Waals surface area contributed by atoms with Crippen molar-refractivity contribution < 1.29 is 14.4 Å². The molecule has 2 amide bonds. The minimum Gasteiger partial charge on any atom is -0.341 e. The maximum Gasteiger partial charge on any atom is 0.295 e. The lowest BCUT2D eigenvalue weighted by molar-refractivity contribution is -0.132. The maximum atomic E-state index is 13.3. The number of likely N-dealkylation sites (tertiary alicyclic amines) is 1. The monoisotopic (exact) mass is 431 g/mol. The van der Waals surface area contributed by atoms with Crippen molar-refractivity contribution in [1.82, 2.24) is 14.4 Å². The van der Waals surface area contributed by atoms with Gasteiger partial charge in [-0.05, 0) is 37.8 Å². The molecule has 0 bridgehead atoms. The van der Waals surface area contributed by atoms with E-state index in [9.17, 15) is 14.4 Å². The van der Waals surface area contributed by atoms with Crippen LogP contribution in [0.2, 0.25) is 0 Å². The normalized spacial score (nSPS) is 13.8. The number of hydrogen-bond donors (Lipinski definition) is 0. The highest BCUT2D eigenvalue weighted by Gasteiger charge is 2.26. The van der Waals surface area contributed by atoms with Gasteiger partial charge in [-0.15, -0.1) is 0 Å². The Morgan fingerprint density at radius 2 is 1.59 bits per heavy atom. The molecule has 32 heavy (non-hydrogen) atoms. The van der Waals surface area contributed by atoms with Crippen molar-refractivity contribution in [1.29, 1.82) is 0 Å². The van der Waals surface area contributed by atoms with Gasteiger partial charge in [0.15, 0.2) is 0 Å². The van der Waals surface area contributed by atoms with Gasteiger partial charge in [0, 0.05) is 43.3 Å². The number of aromatic nitrogens is 1. The largest absolute Gasteiger partial charge is 0.341 e. The molecule has 1 aliphatic rings. The fourth-order valence-corrected chi connectivity index (χ4v) is 4.34. The molecule has 0 saturated carbocycles. The first-order valence-corrected chi connectivity index (χ1v) is 11.3. The van der Waals surface area contributed by atoms with Crippen LogP contribution in [0.4, 0.5) is 0 Å². The number of nitrogens with zero attached hydrogens (tertiary/aromatic N) is 3. The Kier molecular flexibility index (Phi) is 6.69. The summed E-state index contributed by atoms with van der Waals surface area (Å²) in [7, 11) is 0. The Hall–Kier alpha value is -3.41. The highest BCUT2D eigenvalue weighted by atomic mass is 16.2. The molecule has 0 spiro atoms. The van der Waals surface area contributed by atoms with E-state index in [2.05, 4.69) is 0 Å². The van der Waals surface area contributed by atoms with Gasteiger partial charge >= 0.3 is 0 Å². The second-order valence-electron chi connectivity index (χ2n) is 8.26. The molecule has 1 fully saturated rings. The van der Waals surface area contributed by atoms with Gasteiger partial charge in [0.25, 0.3) is 11.7 Å². The van der Waals surface area contributed by atoms with Crippen LogP contribution in [0.5, 0.6) is 0 Å². The van der Waals surface area contributed by atoms with Crippen LogP contribution in [-0.2, 0) is 22.7 Å². The van der Waals surface area contributed by atoms with Gasteiger partial charge in [-0.2, -0.15) is 0 Å². The zero-order valence-corrected chi connectivity index (χ0v) is 18.5. The molecule has 4 rings (SSSR count). The number of carbonyl (C=O) groups is 3. The summed E-state index contributed by atoms with van der Waals surface area (Å²) in [6, 6.07) is 17.1. The lowest BCUT2D eigenvalue weighted by atomic mass is 10.1. The van der Waals surface area contributed by atoms with E-state index in [1.165, 1.54) is 0 Å². The van der Waals surface area contributed by atoms with Crippen molar-refractivity contribution in [2.75, 3.05) is 19.6 Å². The summed E-state index contributed by atoms with van der Waals surface area (Å²) < 4.78 is 1.81. The molecule has 0 N–H and O–H groups in total. The standard InChI is InChI=1S/C26H29N3O3/c1-2-27(17-20-11-5-3-6-12-20)26(32)25(31)22-18-29(23-14-8-7-13-21(22)23)19-24(30)28-15-9-4-10-16-28/h3,5-8,11-14,18H,2,4,9-10,15-17,19H2,1H3. The van der Waals surface area contributed by atoms with E-state index >= 15 is 0 Å². The minimum atomic E-state index is -0.539. The van der Waals surface area contributed by atoms with Crippen molar-refractivity contribution in [2.45, 2.75) is 39.3 Å². The van der Waals surface area contributed by atoms with Crippen molar-refractivity contribution in [2.24, 2.45) is 0 Å². The number of rotatable bonds is 7. The Bertz CT molecular complexity index is 1110. The number of fused-ring (bicyclic) bond motifs is 1. The zero-order valence-electron chi connectivity index (χ0n) is 18.5. The maximum absolute atomic E-state index is 13.3. The number of benzene rings is 2. The second-order valence-corrected chi connectivity index (χ2v) is 8.26. The van der Waals surface area contributed by atoms with Crippen LogP contribution in [-0.4, -0.2) is 51.6 Å². The average Bonchev–Trinajstić information content (AvgIpc) is 3.21. The number of para-hydroxylation sites is 1. The first kappa shape index (κ1) is 21.8. The summed E-state index contributed by atoms with van der Waals surface area (Å²) in [6.07, 6.45) is 4.90. The van der Waals surface area contributed by atoms with Crippen LogP contribution in [0.25, 0.3) is 10.9 Å². The molecule has 1 aromatic heterocycles. The summed E-state index contributed by atoms with van der Waals surface area (Å²) in [5, 5.41) is 0.702. The van der Waals surface area contributed by atoms with Gasteiger partial charge in [-0.3, -0.25) is 14.4 Å². The summed E-state index contributed by atoms with van der Waals surface area (Å²) >= 11 is 0. The SMILES string of the molecule is CCN(Cc1ccccc1)C(=O)C(=O)c1cn(CC(=O)N2CCCCC2)c2ccccc12. The lowest BCUT2D eigenvalue weighted by Gasteiger charge is -2.27. The van der Waals surface area contributed by atoms with Crippen molar-refractivity contribution >= 4 is 28.5 Å². The average molecular weight is 432 g/mol. The number of ketones is 1. The van der Waals surface area contributed by atoms with Gasteiger partial charge < -0.3 is 14.4 Å². The van der Waals surface area contributed by atoms with E-state index in [1.54, 1.807) is 15.7 Å². The van der Waals surface area contributed by atoms with Crippen LogP contribution in [0.3, 0.4) is 0 Å². The third-order valence-electron chi connectivity index (χ3n) is 6.13. The van der Waals surface area contributed by atoms with E-state index in [0.29, 0.717) is 24.0 Å². The number of Topliss-reactive ketones (excluding diaryl/α,β-unsaturated/α-hetero) is 1. The molecule has 1 saturated heterocycles. The van der Waals surface area contributed by atoms with Gasteiger partial charge in [-0.1, -0.05) is 48.5 Å². The summed E-state index contributed by atoms with van der Waals surface area (Å²) in [5.41, 5.74) is 2.12. The molecule has 0 unspecified atom stereocenters. The van der Waals surface area contributed by atoms with Gasteiger partial charge in [0.2, 0.25) is 5.91 Å². The Morgan fingerprint density at radius 1 is 0.906 bits per heavy atom. The van der Waals surface area contributed by atoms with Crippen LogP contribution in [0.15, 0.2) is 60.8 Å². The van der Waals surface area contributed by atoms with E-state index in [1.807, 2.05) is 66.4 Å². The van der Waals surface area contributed by atoms with E-state index in [-0.39, 0.29) is 12.5 Å². The fraction of sp³-hybridized carbons (Fsp3) is 0.346. The quantitative estimate of drug-likeness (QED) is 0.421. The zero-order chi connectivity index (χ0) is 22.5.